The molecule has 4 fully saturated rings. The van der Waals surface area contributed by atoms with E-state index < -0.39 is 0 Å². The Morgan fingerprint density at radius 3 is 2.55 bits per heavy atom. The summed E-state index contributed by atoms with van der Waals surface area (Å²) in [6.45, 7) is 2.16. The Balaban J connectivity index is 1.18. The van der Waals surface area contributed by atoms with Crippen LogP contribution >= 0.6 is 0 Å². The smallest absolute Gasteiger partial charge is 0.258 e. The van der Waals surface area contributed by atoms with Crippen molar-refractivity contribution < 1.29 is 9.53 Å². The highest BCUT2D eigenvalue weighted by molar-refractivity contribution is 5.95. The number of pyridine rings is 1. The number of nitrogens with one attached hydrogen (secondary N) is 1. The van der Waals surface area contributed by atoms with E-state index in [0.717, 1.165) is 48.3 Å². The second-order valence-electron chi connectivity index (χ2n) is 10.4. The minimum absolute atomic E-state index is 0.132. The highest BCUT2D eigenvalue weighted by atomic mass is 16.5. The molecule has 170 valence electrons. The van der Waals surface area contributed by atoms with Gasteiger partial charge in [-0.25, -0.2) is 4.98 Å². The van der Waals surface area contributed by atoms with Gasteiger partial charge in [-0.1, -0.05) is 12.1 Å². The number of amides is 1. The number of hydrogen-bond donors (Lipinski definition) is 1. The Labute approximate surface area is 193 Å². The van der Waals surface area contributed by atoms with E-state index in [-0.39, 0.29) is 23.5 Å². The SMILES string of the molecule is Cc1ccc(NC(=O)C23CC4CC(CC(C4)C2)C3)cc1OCc1cc(=O)n2ccccc2n1. The van der Waals surface area contributed by atoms with Gasteiger partial charge in [0, 0.05) is 24.0 Å². The fourth-order valence-electron chi connectivity index (χ4n) is 6.81. The van der Waals surface area contributed by atoms with Gasteiger partial charge in [-0.2, -0.15) is 0 Å². The number of aromatic nitrogens is 2. The fourth-order valence-corrected chi connectivity index (χ4v) is 6.81. The summed E-state index contributed by atoms with van der Waals surface area (Å²) in [5.41, 5.74) is 2.60. The number of carbonyl (C=O) groups is 1. The van der Waals surface area contributed by atoms with Crippen molar-refractivity contribution in [1.29, 1.82) is 0 Å². The summed E-state index contributed by atoms with van der Waals surface area (Å²) in [5, 5.41) is 3.21. The van der Waals surface area contributed by atoms with Gasteiger partial charge in [0.2, 0.25) is 5.91 Å². The van der Waals surface area contributed by atoms with Crippen LogP contribution in [0.1, 0.15) is 49.8 Å². The Hall–Kier alpha value is -3.15. The maximum Gasteiger partial charge on any atom is 0.258 e. The number of aryl methyl sites for hydroxylation is 1. The normalized spacial score (nSPS) is 27.6. The van der Waals surface area contributed by atoms with Gasteiger partial charge in [0.1, 0.15) is 18.0 Å². The summed E-state index contributed by atoms with van der Waals surface area (Å²) >= 11 is 0. The lowest BCUT2D eigenvalue weighted by Gasteiger charge is -2.55. The molecule has 4 aliphatic rings. The minimum atomic E-state index is -0.183. The number of nitrogens with zero attached hydrogens (tertiary/aromatic N) is 2. The Bertz CT molecular complexity index is 1260. The maximum absolute atomic E-state index is 13.4. The van der Waals surface area contributed by atoms with E-state index in [0.29, 0.717) is 17.1 Å². The summed E-state index contributed by atoms with van der Waals surface area (Å²) in [6, 6.07) is 12.8. The van der Waals surface area contributed by atoms with Crippen molar-refractivity contribution in [3.63, 3.8) is 0 Å². The maximum atomic E-state index is 13.4. The van der Waals surface area contributed by atoms with E-state index in [1.807, 2.05) is 31.2 Å². The number of fused-ring (bicyclic) bond motifs is 1. The topological polar surface area (TPSA) is 72.7 Å². The highest BCUT2D eigenvalue weighted by Gasteiger charge is 2.54. The van der Waals surface area contributed by atoms with Gasteiger partial charge in [0.15, 0.2) is 0 Å². The zero-order chi connectivity index (χ0) is 22.6. The summed E-state index contributed by atoms with van der Waals surface area (Å²) < 4.78 is 7.55. The molecule has 1 amide bonds. The predicted octanol–water partition coefficient (Wildman–Crippen LogP) is 4.74. The molecule has 0 radical (unpaired) electrons. The molecule has 0 saturated heterocycles. The molecule has 4 bridgehead atoms. The van der Waals surface area contributed by atoms with Gasteiger partial charge in [0.05, 0.1) is 11.1 Å². The molecule has 1 aromatic carbocycles. The molecule has 1 N–H and O–H groups in total. The van der Waals surface area contributed by atoms with Gasteiger partial charge in [-0.3, -0.25) is 14.0 Å². The molecule has 0 atom stereocenters. The van der Waals surface area contributed by atoms with Crippen LogP contribution in [0.3, 0.4) is 0 Å². The third-order valence-corrected chi connectivity index (χ3v) is 7.97. The molecule has 3 aromatic rings. The standard InChI is InChI=1S/C27H29N3O3/c1-17-5-6-21(29-26(32)27-13-18-8-19(14-27)10-20(9-18)15-27)11-23(17)33-16-22-12-25(31)30-7-3-2-4-24(30)28-22/h2-7,11-12,18-20H,8-10,13-16H2,1H3,(H,29,32). The molecule has 0 aliphatic heterocycles. The quantitative estimate of drug-likeness (QED) is 0.618. The Kier molecular flexibility index (Phi) is 4.78. The third kappa shape index (κ3) is 3.71. The van der Waals surface area contributed by atoms with Gasteiger partial charge in [0.25, 0.3) is 5.56 Å². The first-order valence-corrected chi connectivity index (χ1v) is 12.0. The molecular weight excluding hydrogens is 414 g/mol. The van der Waals surface area contributed by atoms with Gasteiger partial charge in [-0.15, -0.1) is 0 Å². The van der Waals surface area contributed by atoms with Crippen molar-refractivity contribution >= 4 is 17.2 Å². The number of benzene rings is 1. The number of ether oxygens (including phenoxy) is 1. The van der Waals surface area contributed by atoms with Gasteiger partial charge >= 0.3 is 0 Å². The zero-order valence-electron chi connectivity index (χ0n) is 18.9. The van der Waals surface area contributed by atoms with Crippen LogP contribution in [0.15, 0.2) is 53.5 Å². The predicted molar refractivity (Wildman–Crippen MR) is 126 cm³/mol. The fraction of sp³-hybridized carbons (Fsp3) is 0.444. The van der Waals surface area contributed by atoms with Crippen LogP contribution in [-0.2, 0) is 11.4 Å². The van der Waals surface area contributed by atoms with Crippen LogP contribution in [0.4, 0.5) is 5.69 Å². The average molecular weight is 444 g/mol. The number of rotatable bonds is 5. The van der Waals surface area contributed by atoms with E-state index in [9.17, 15) is 9.59 Å². The molecule has 7 rings (SSSR count). The number of anilines is 1. The first-order chi connectivity index (χ1) is 16.0. The first kappa shape index (κ1) is 20.5. The molecule has 2 aromatic heterocycles. The van der Waals surface area contributed by atoms with Crippen LogP contribution in [0.25, 0.3) is 5.65 Å². The van der Waals surface area contributed by atoms with Crippen LogP contribution in [0.5, 0.6) is 5.75 Å². The van der Waals surface area contributed by atoms with E-state index >= 15 is 0 Å². The van der Waals surface area contributed by atoms with E-state index in [2.05, 4.69) is 10.3 Å². The first-order valence-electron chi connectivity index (χ1n) is 12.0. The summed E-state index contributed by atoms with van der Waals surface area (Å²) in [4.78, 5) is 30.3. The molecular formula is C27H29N3O3. The van der Waals surface area contributed by atoms with Gasteiger partial charge < -0.3 is 10.1 Å². The van der Waals surface area contributed by atoms with Crippen molar-refractivity contribution in [2.24, 2.45) is 23.2 Å². The summed E-state index contributed by atoms with van der Waals surface area (Å²) in [7, 11) is 0. The molecule has 0 spiro atoms. The summed E-state index contributed by atoms with van der Waals surface area (Å²) in [5.74, 6) is 3.07. The lowest BCUT2D eigenvalue weighted by atomic mass is 9.49. The van der Waals surface area contributed by atoms with E-state index in [1.54, 1.807) is 18.3 Å². The summed E-state index contributed by atoms with van der Waals surface area (Å²) in [6.07, 6.45) is 8.80. The van der Waals surface area contributed by atoms with Crippen LogP contribution < -0.4 is 15.6 Å². The van der Waals surface area contributed by atoms with E-state index in [1.165, 1.54) is 29.7 Å². The van der Waals surface area contributed by atoms with Crippen LogP contribution in [0, 0.1) is 30.1 Å². The third-order valence-electron chi connectivity index (χ3n) is 7.97. The monoisotopic (exact) mass is 443 g/mol. The molecule has 4 aliphatic carbocycles. The average Bonchev–Trinajstić information content (AvgIpc) is 2.78. The second kappa shape index (κ2) is 7.72. The molecule has 2 heterocycles. The second-order valence-corrected chi connectivity index (χ2v) is 10.4. The molecule has 33 heavy (non-hydrogen) atoms. The largest absolute Gasteiger partial charge is 0.487 e. The number of hydrogen-bond acceptors (Lipinski definition) is 4. The molecule has 6 nitrogen and oxygen atoms in total. The van der Waals surface area contributed by atoms with E-state index in [4.69, 9.17) is 4.74 Å². The van der Waals surface area contributed by atoms with Crippen molar-refractivity contribution in [2.75, 3.05) is 5.32 Å². The minimum Gasteiger partial charge on any atom is -0.487 e. The molecule has 4 saturated carbocycles. The lowest BCUT2D eigenvalue weighted by Crippen LogP contribution is -2.51. The zero-order valence-corrected chi connectivity index (χ0v) is 18.9. The van der Waals surface area contributed by atoms with Crippen molar-refractivity contribution in [2.45, 2.75) is 52.1 Å². The van der Waals surface area contributed by atoms with Crippen LogP contribution in [-0.4, -0.2) is 15.3 Å². The van der Waals surface area contributed by atoms with Crippen molar-refractivity contribution in [3.05, 3.63) is 70.3 Å². The van der Waals surface area contributed by atoms with Crippen molar-refractivity contribution in [1.82, 2.24) is 9.38 Å². The van der Waals surface area contributed by atoms with Crippen molar-refractivity contribution in [3.8, 4) is 5.75 Å². The highest BCUT2D eigenvalue weighted by Crippen LogP contribution is 2.60. The van der Waals surface area contributed by atoms with Crippen LogP contribution in [0.2, 0.25) is 0 Å². The Morgan fingerprint density at radius 1 is 1.09 bits per heavy atom. The number of carbonyl (C=O) groups excluding carboxylic acids is 1. The Morgan fingerprint density at radius 2 is 1.82 bits per heavy atom. The van der Waals surface area contributed by atoms with Gasteiger partial charge in [-0.05, 0) is 87.0 Å². The molecule has 0 unspecified atom stereocenters. The lowest BCUT2D eigenvalue weighted by molar-refractivity contribution is -0.140. The molecule has 6 heteroatoms.